The van der Waals surface area contributed by atoms with E-state index in [4.69, 9.17) is 5.11 Å². The highest BCUT2D eigenvalue weighted by Crippen LogP contribution is 2.11. The monoisotopic (exact) mass is 261 g/mol. The van der Waals surface area contributed by atoms with Crippen LogP contribution in [0.25, 0.3) is 11.3 Å². The molecule has 0 aliphatic carbocycles. The average molecular weight is 261 g/mol. The van der Waals surface area contributed by atoms with Gasteiger partial charge in [-0.15, -0.1) is 0 Å². The van der Waals surface area contributed by atoms with E-state index in [1.54, 1.807) is 36.3 Å². The molecule has 0 atom stereocenters. The fourth-order valence-electron chi connectivity index (χ4n) is 1.53. The van der Waals surface area contributed by atoms with Crippen LogP contribution in [0, 0.1) is 0 Å². The first-order chi connectivity index (χ1) is 9.06. The standard InChI is InChI=1S/C12H12N4O3/c1-15-11(17)3-2-10(14-15)9-4-6-16(13-8-9)7-5-12(18)19/h2-4,6,8H,5,7H2,1H3/p+1. The molecule has 2 aromatic heterocycles. The number of hydrogen-bond acceptors (Lipinski definition) is 4. The number of carboxylic acid groups (broad SMARTS) is 1. The van der Waals surface area contributed by atoms with Crippen molar-refractivity contribution < 1.29 is 14.6 Å². The van der Waals surface area contributed by atoms with Gasteiger partial charge < -0.3 is 5.11 Å². The maximum Gasteiger partial charge on any atom is 0.309 e. The van der Waals surface area contributed by atoms with Gasteiger partial charge in [0.2, 0.25) is 0 Å². The predicted octanol–water partition coefficient (Wildman–Crippen LogP) is -0.395. The molecule has 2 aromatic rings. The van der Waals surface area contributed by atoms with E-state index in [0.717, 1.165) is 5.56 Å². The van der Waals surface area contributed by atoms with Crippen molar-refractivity contribution in [3.63, 3.8) is 0 Å². The fraction of sp³-hybridized carbons (Fsp3) is 0.250. The van der Waals surface area contributed by atoms with Crippen LogP contribution in [0.5, 0.6) is 0 Å². The van der Waals surface area contributed by atoms with Crippen molar-refractivity contribution in [1.82, 2.24) is 14.9 Å². The predicted molar refractivity (Wildman–Crippen MR) is 65.2 cm³/mol. The molecule has 2 heterocycles. The highest BCUT2D eigenvalue weighted by molar-refractivity contribution is 5.66. The quantitative estimate of drug-likeness (QED) is 0.757. The molecule has 0 spiro atoms. The molecule has 19 heavy (non-hydrogen) atoms. The Morgan fingerprint density at radius 1 is 1.42 bits per heavy atom. The Labute approximate surface area is 108 Å². The Balaban J connectivity index is 2.19. The zero-order chi connectivity index (χ0) is 13.8. The maximum atomic E-state index is 11.2. The molecule has 7 heteroatoms. The Morgan fingerprint density at radius 2 is 2.21 bits per heavy atom. The number of carbonyl (C=O) groups is 1. The van der Waals surface area contributed by atoms with Crippen LogP contribution in [0.15, 0.2) is 35.4 Å². The van der Waals surface area contributed by atoms with Gasteiger partial charge in [0.25, 0.3) is 5.56 Å². The van der Waals surface area contributed by atoms with Crippen molar-refractivity contribution in [2.45, 2.75) is 13.0 Å². The van der Waals surface area contributed by atoms with Gasteiger partial charge in [-0.2, -0.15) is 5.10 Å². The second kappa shape index (κ2) is 5.38. The van der Waals surface area contributed by atoms with E-state index in [-0.39, 0.29) is 12.0 Å². The molecule has 1 N–H and O–H groups in total. The first kappa shape index (κ1) is 12.9. The van der Waals surface area contributed by atoms with Gasteiger partial charge in [0, 0.05) is 24.7 Å². The van der Waals surface area contributed by atoms with Gasteiger partial charge in [-0.25, -0.2) is 4.68 Å². The van der Waals surface area contributed by atoms with Gasteiger partial charge in [-0.1, -0.05) is 4.68 Å². The zero-order valence-corrected chi connectivity index (χ0v) is 10.4. The smallest absolute Gasteiger partial charge is 0.309 e. The summed E-state index contributed by atoms with van der Waals surface area (Å²) in [5, 5.41) is 16.8. The van der Waals surface area contributed by atoms with Crippen LogP contribution < -0.4 is 10.2 Å². The number of aromatic nitrogens is 4. The minimum absolute atomic E-state index is 0.0229. The van der Waals surface area contributed by atoms with Crippen molar-refractivity contribution in [3.8, 4) is 11.3 Å². The van der Waals surface area contributed by atoms with Crippen molar-refractivity contribution in [3.05, 3.63) is 40.9 Å². The minimum Gasteiger partial charge on any atom is -0.481 e. The topological polar surface area (TPSA) is 89.0 Å². The van der Waals surface area contributed by atoms with E-state index in [2.05, 4.69) is 10.2 Å². The Bertz CT molecular complexity index is 649. The normalized spacial score (nSPS) is 10.4. The summed E-state index contributed by atoms with van der Waals surface area (Å²) >= 11 is 0. The third-order valence-electron chi connectivity index (χ3n) is 2.58. The van der Waals surface area contributed by atoms with E-state index < -0.39 is 5.97 Å². The largest absolute Gasteiger partial charge is 0.481 e. The molecule has 0 amide bonds. The molecule has 0 fully saturated rings. The van der Waals surface area contributed by atoms with Crippen LogP contribution in [-0.4, -0.2) is 26.0 Å². The van der Waals surface area contributed by atoms with Gasteiger partial charge in [0.1, 0.15) is 12.6 Å². The van der Waals surface area contributed by atoms with Crippen LogP contribution in [0.2, 0.25) is 0 Å². The number of aliphatic carboxylic acids is 1. The number of rotatable bonds is 4. The molecule has 0 aliphatic heterocycles. The van der Waals surface area contributed by atoms with E-state index >= 15 is 0 Å². The van der Waals surface area contributed by atoms with Crippen LogP contribution in [-0.2, 0) is 18.4 Å². The minimum atomic E-state index is -0.863. The van der Waals surface area contributed by atoms with Gasteiger partial charge in [0.15, 0.2) is 12.7 Å². The summed E-state index contributed by atoms with van der Waals surface area (Å²) in [6, 6.07) is 4.84. The summed E-state index contributed by atoms with van der Waals surface area (Å²) in [7, 11) is 1.58. The molecule has 7 nitrogen and oxygen atoms in total. The van der Waals surface area contributed by atoms with Gasteiger partial charge in [-0.05, 0) is 11.2 Å². The molecule has 0 saturated carbocycles. The third kappa shape index (κ3) is 3.21. The second-order valence-corrected chi connectivity index (χ2v) is 4.00. The first-order valence-electron chi connectivity index (χ1n) is 5.68. The summed E-state index contributed by atoms with van der Waals surface area (Å²) in [6.07, 6.45) is 3.30. The number of carboxylic acids is 1. The highest BCUT2D eigenvalue weighted by atomic mass is 16.4. The van der Waals surface area contributed by atoms with Crippen LogP contribution in [0.1, 0.15) is 6.42 Å². The SMILES string of the molecule is Cn1nc(-c2cc[n+](CCC(=O)O)nc2)ccc1=O. The Morgan fingerprint density at radius 3 is 2.79 bits per heavy atom. The van der Waals surface area contributed by atoms with Crippen LogP contribution >= 0.6 is 0 Å². The molecule has 0 aliphatic rings. The van der Waals surface area contributed by atoms with Crippen molar-refractivity contribution >= 4 is 5.97 Å². The molecule has 0 unspecified atom stereocenters. The highest BCUT2D eigenvalue weighted by Gasteiger charge is 2.08. The fourth-order valence-corrected chi connectivity index (χ4v) is 1.53. The molecule has 0 bridgehead atoms. The Hall–Kier alpha value is -2.57. The molecule has 2 rings (SSSR count). The Kier molecular flexibility index (Phi) is 3.65. The molecular weight excluding hydrogens is 248 g/mol. The van der Waals surface area contributed by atoms with Gasteiger partial charge >= 0.3 is 5.97 Å². The molecular formula is C12H13N4O3+. The summed E-state index contributed by atoms with van der Waals surface area (Å²) in [4.78, 5) is 21.7. The van der Waals surface area contributed by atoms with E-state index in [9.17, 15) is 9.59 Å². The van der Waals surface area contributed by atoms with E-state index in [1.807, 2.05) is 0 Å². The lowest BCUT2D eigenvalue weighted by atomic mass is 10.2. The maximum absolute atomic E-state index is 11.2. The van der Waals surface area contributed by atoms with Crippen LogP contribution in [0.4, 0.5) is 0 Å². The van der Waals surface area contributed by atoms with Crippen molar-refractivity contribution in [2.75, 3.05) is 0 Å². The molecule has 98 valence electrons. The lowest BCUT2D eigenvalue weighted by molar-refractivity contribution is -0.752. The van der Waals surface area contributed by atoms with E-state index in [1.165, 1.54) is 10.7 Å². The second-order valence-electron chi connectivity index (χ2n) is 4.00. The van der Waals surface area contributed by atoms with Crippen molar-refractivity contribution in [1.29, 1.82) is 0 Å². The van der Waals surface area contributed by atoms with Gasteiger partial charge in [0.05, 0.1) is 5.69 Å². The first-order valence-corrected chi connectivity index (χ1v) is 5.68. The van der Waals surface area contributed by atoms with E-state index in [0.29, 0.717) is 12.2 Å². The molecule has 0 saturated heterocycles. The van der Waals surface area contributed by atoms with Crippen molar-refractivity contribution in [2.24, 2.45) is 7.05 Å². The zero-order valence-electron chi connectivity index (χ0n) is 10.4. The molecule has 0 aromatic carbocycles. The number of hydrogen-bond donors (Lipinski definition) is 1. The molecule has 0 radical (unpaired) electrons. The summed E-state index contributed by atoms with van der Waals surface area (Å²) in [6.45, 7) is 0.316. The summed E-state index contributed by atoms with van der Waals surface area (Å²) in [5.74, 6) is -0.863. The summed E-state index contributed by atoms with van der Waals surface area (Å²) in [5.41, 5.74) is 1.23. The lowest BCUT2D eigenvalue weighted by Crippen LogP contribution is -2.38. The average Bonchev–Trinajstić information content (AvgIpc) is 2.40. The lowest BCUT2D eigenvalue weighted by Gasteiger charge is -2.01. The van der Waals surface area contributed by atoms with Crippen LogP contribution in [0.3, 0.4) is 0 Å². The number of nitrogens with zero attached hydrogens (tertiary/aromatic N) is 4. The number of aryl methyl sites for hydroxylation is 2. The third-order valence-corrected chi connectivity index (χ3v) is 2.58. The summed E-state index contributed by atoms with van der Waals surface area (Å²) < 4.78 is 2.79. The van der Waals surface area contributed by atoms with Gasteiger partial charge in [-0.3, -0.25) is 9.59 Å².